The lowest BCUT2D eigenvalue weighted by Gasteiger charge is -2.23. The van der Waals surface area contributed by atoms with Gasteiger partial charge in [-0.25, -0.2) is 4.98 Å². The standard InChI is InChI=1S/C24H21N3O2/c1-17-13-18-7-2-3-10-22(18)27(17)24(28)19-8-6-9-21(14-19)29-16-20-15-26-12-5-4-11-23(26)25-20/h2-12,14-15,17H,13,16H2,1H3. The Hall–Kier alpha value is -3.60. The zero-order valence-corrected chi connectivity index (χ0v) is 16.2. The minimum Gasteiger partial charge on any atom is -0.487 e. The average Bonchev–Trinajstić information content (AvgIpc) is 3.31. The highest BCUT2D eigenvalue weighted by Gasteiger charge is 2.31. The Morgan fingerprint density at radius 3 is 2.86 bits per heavy atom. The molecule has 144 valence electrons. The summed E-state index contributed by atoms with van der Waals surface area (Å²) in [5.74, 6) is 0.661. The minimum atomic E-state index is 0.000583. The topological polar surface area (TPSA) is 46.8 Å². The van der Waals surface area contributed by atoms with Gasteiger partial charge >= 0.3 is 0 Å². The summed E-state index contributed by atoms with van der Waals surface area (Å²) in [5.41, 5.74) is 4.57. The van der Waals surface area contributed by atoms with Crippen LogP contribution in [-0.4, -0.2) is 21.3 Å². The Kier molecular flexibility index (Phi) is 4.28. The van der Waals surface area contributed by atoms with Crippen LogP contribution in [0.3, 0.4) is 0 Å². The molecule has 0 radical (unpaired) electrons. The maximum absolute atomic E-state index is 13.2. The molecule has 0 saturated carbocycles. The maximum Gasteiger partial charge on any atom is 0.258 e. The van der Waals surface area contributed by atoms with E-state index < -0.39 is 0 Å². The molecular formula is C24H21N3O2. The molecule has 5 heteroatoms. The number of carbonyl (C=O) groups is 1. The molecule has 5 rings (SSSR count). The molecule has 0 fully saturated rings. The molecule has 5 nitrogen and oxygen atoms in total. The van der Waals surface area contributed by atoms with E-state index in [-0.39, 0.29) is 11.9 Å². The molecule has 0 aliphatic carbocycles. The lowest BCUT2D eigenvalue weighted by Crippen LogP contribution is -2.35. The summed E-state index contributed by atoms with van der Waals surface area (Å²) in [6.45, 7) is 2.43. The Morgan fingerprint density at radius 1 is 1.10 bits per heavy atom. The van der Waals surface area contributed by atoms with Gasteiger partial charge in [0.05, 0.1) is 5.69 Å². The molecule has 4 aromatic rings. The first-order valence-corrected chi connectivity index (χ1v) is 9.76. The van der Waals surface area contributed by atoms with Crippen molar-refractivity contribution in [1.82, 2.24) is 9.38 Å². The first-order valence-electron chi connectivity index (χ1n) is 9.76. The van der Waals surface area contributed by atoms with Crippen LogP contribution in [0.4, 0.5) is 5.69 Å². The maximum atomic E-state index is 13.2. The molecule has 1 amide bonds. The van der Waals surface area contributed by atoms with E-state index in [2.05, 4.69) is 18.0 Å². The lowest BCUT2D eigenvalue weighted by molar-refractivity contribution is 0.0981. The summed E-state index contributed by atoms with van der Waals surface area (Å²) in [4.78, 5) is 19.7. The third-order valence-corrected chi connectivity index (χ3v) is 5.31. The van der Waals surface area contributed by atoms with Crippen molar-refractivity contribution in [3.63, 3.8) is 0 Å². The van der Waals surface area contributed by atoms with Crippen LogP contribution in [0.1, 0.15) is 28.5 Å². The van der Waals surface area contributed by atoms with Gasteiger partial charge in [0.15, 0.2) is 0 Å². The number of amides is 1. The summed E-state index contributed by atoms with van der Waals surface area (Å²) in [5, 5.41) is 0. The summed E-state index contributed by atoms with van der Waals surface area (Å²) < 4.78 is 7.89. The van der Waals surface area contributed by atoms with Crippen LogP contribution in [0, 0.1) is 0 Å². The molecule has 0 bridgehead atoms. The number of hydrogen-bond donors (Lipinski definition) is 0. The normalized spacial score (nSPS) is 15.5. The molecule has 0 spiro atoms. The largest absolute Gasteiger partial charge is 0.487 e. The van der Waals surface area contributed by atoms with Crippen LogP contribution < -0.4 is 9.64 Å². The lowest BCUT2D eigenvalue weighted by atomic mass is 10.1. The van der Waals surface area contributed by atoms with Crippen molar-refractivity contribution in [2.45, 2.75) is 26.0 Å². The van der Waals surface area contributed by atoms with Crippen LogP contribution in [-0.2, 0) is 13.0 Å². The van der Waals surface area contributed by atoms with Gasteiger partial charge in [0.1, 0.15) is 18.0 Å². The van der Waals surface area contributed by atoms with Gasteiger partial charge in [-0.05, 0) is 55.3 Å². The molecule has 29 heavy (non-hydrogen) atoms. The average molecular weight is 383 g/mol. The fraction of sp³-hybridized carbons (Fsp3) is 0.167. The third-order valence-electron chi connectivity index (χ3n) is 5.31. The fourth-order valence-corrected chi connectivity index (χ4v) is 3.95. The number of nitrogens with zero attached hydrogens (tertiary/aromatic N) is 3. The van der Waals surface area contributed by atoms with Crippen molar-refractivity contribution in [2.75, 3.05) is 4.90 Å². The smallest absolute Gasteiger partial charge is 0.258 e. The predicted molar refractivity (Wildman–Crippen MR) is 112 cm³/mol. The van der Waals surface area contributed by atoms with Gasteiger partial charge in [-0.15, -0.1) is 0 Å². The fourth-order valence-electron chi connectivity index (χ4n) is 3.95. The number of aromatic nitrogens is 2. The van der Waals surface area contributed by atoms with Crippen LogP contribution >= 0.6 is 0 Å². The van der Waals surface area contributed by atoms with Gasteiger partial charge in [0.2, 0.25) is 0 Å². The molecule has 3 heterocycles. The molecule has 1 aliphatic rings. The quantitative estimate of drug-likeness (QED) is 0.521. The van der Waals surface area contributed by atoms with E-state index >= 15 is 0 Å². The molecule has 1 aliphatic heterocycles. The molecule has 0 saturated heterocycles. The molecule has 1 atom stereocenters. The summed E-state index contributed by atoms with van der Waals surface area (Å²) in [7, 11) is 0. The number of hydrogen-bond acceptors (Lipinski definition) is 3. The number of para-hydroxylation sites is 1. The number of carbonyl (C=O) groups excluding carboxylic acids is 1. The van der Waals surface area contributed by atoms with Gasteiger partial charge in [-0.1, -0.05) is 30.3 Å². The van der Waals surface area contributed by atoms with Crippen LogP contribution in [0.5, 0.6) is 5.75 Å². The Balaban J connectivity index is 1.35. The zero-order valence-electron chi connectivity index (χ0n) is 16.2. The minimum absolute atomic E-state index is 0.000583. The van der Waals surface area contributed by atoms with Crippen molar-refractivity contribution >= 4 is 17.2 Å². The van der Waals surface area contributed by atoms with Gasteiger partial charge in [-0.2, -0.15) is 0 Å². The van der Waals surface area contributed by atoms with E-state index in [1.807, 2.05) is 82.4 Å². The van der Waals surface area contributed by atoms with Crippen LogP contribution in [0.15, 0.2) is 79.1 Å². The van der Waals surface area contributed by atoms with Crippen LogP contribution in [0.2, 0.25) is 0 Å². The van der Waals surface area contributed by atoms with Crippen molar-refractivity contribution in [2.24, 2.45) is 0 Å². The molecule has 2 aromatic heterocycles. The van der Waals surface area contributed by atoms with Gasteiger partial charge in [0.25, 0.3) is 5.91 Å². The molecule has 0 N–H and O–H groups in total. The van der Waals surface area contributed by atoms with E-state index in [9.17, 15) is 4.79 Å². The second-order valence-electron chi connectivity index (χ2n) is 7.37. The highest BCUT2D eigenvalue weighted by molar-refractivity contribution is 6.08. The van der Waals surface area contributed by atoms with Crippen molar-refractivity contribution in [3.05, 3.63) is 95.9 Å². The monoisotopic (exact) mass is 383 g/mol. The third kappa shape index (κ3) is 3.25. The Morgan fingerprint density at radius 2 is 1.97 bits per heavy atom. The van der Waals surface area contributed by atoms with Gasteiger partial charge < -0.3 is 14.0 Å². The second kappa shape index (κ2) is 7.09. The van der Waals surface area contributed by atoms with Crippen molar-refractivity contribution < 1.29 is 9.53 Å². The Labute approximate surface area is 169 Å². The van der Waals surface area contributed by atoms with Crippen LogP contribution in [0.25, 0.3) is 5.65 Å². The van der Waals surface area contributed by atoms with E-state index in [1.54, 1.807) is 0 Å². The number of imidazole rings is 1. The number of ether oxygens (including phenoxy) is 1. The first-order chi connectivity index (χ1) is 14.2. The summed E-state index contributed by atoms with van der Waals surface area (Å²) in [6, 6.07) is 21.5. The Bertz CT molecular complexity index is 1160. The first kappa shape index (κ1) is 17.5. The van der Waals surface area contributed by atoms with Crippen molar-refractivity contribution in [3.8, 4) is 5.75 Å². The molecule has 2 aromatic carbocycles. The van der Waals surface area contributed by atoms with Gasteiger partial charge in [-0.3, -0.25) is 4.79 Å². The van der Waals surface area contributed by atoms with Crippen molar-refractivity contribution in [1.29, 1.82) is 0 Å². The van der Waals surface area contributed by atoms with E-state index in [4.69, 9.17) is 4.74 Å². The highest BCUT2D eigenvalue weighted by atomic mass is 16.5. The van der Waals surface area contributed by atoms with E-state index in [0.717, 1.165) is 23.4 Å². The zero-order chi connectivity index (χ0) is 19.8. The molecular weight excluding hydrogens is 362 g/mol. The van der Waals surface area contributed by atoms with Gasteiger partial charge in [0, 0.05) is 29.7 Å². The number of anilines is 1. The second-order valence-corrected chi connectivity index (χ2v) is 7.37. The SMILES string of the molecule is CC1Cc2ccccc2N1C(=O)c1cccc(OCc2cn3ccccc3n2)c1. The number of pyridine rings is 1. The van der Waals surface area contributed by atoms with E-state index in [0.29, 0.717) is 17.9 Å². The molecule has 1 unspecified atom stereocenters. The number of benzene rings is 2. The number of fused-ring (bicyclic) bond motifs is 2. The summed E-state index contributed by atoms with van der Waals surface area (Å²) >= 11 is 0. The predicted octanol–water partition coefficient (Wildman–Crippen LogP) is 4.50. The highest BCUT2D eigenvalue weighted by Crippen LogP contribution is 2.33. The number of rotatable bonds is 4. The van der Waals surface area contributed by atoms with E-state index in [1.165, 1.54) is 5.56 Å². The summed E-state index contributed by atoms with van der Waals surface area (Å²) in [6.07, 6.45) is 4.79.